The monoisotopic (exact) mass is 243 g/mol. The number of ether oxygens (including phenoxy) is 1. The van der Waals surface area contributed by atoms with Gasteiger partial charge in [0.05, 0.1) is 4.92 Å². The van der Waals surface area contributed by atoms with Crippen LogP contribution in [0, 0.1) is 10.1 Å². The molecular weight excluding hydrogens is 230 g/mol. The van der Waals surface area contributed by atoms with Crippen molar-refractivity contribution in [1.82, 2.24) is 0 Å². The Bertz CT molecular complexity index is 522. The number of benzene rings is 2. The van der Waals surface area contributed by atoms with Crippen molar-refractivity contribution in [1.29, 1.82) is 0 Å². The lowest BCUT2D eigenvalue weighted by Crippen LogP contribution is -2.02. The van der Waals surface area contributed by atoms with Crippen LogP contribution >= 0.6 is 0 Å². The summed E-state index contributed by atoms with van der Waals surface area (Å²) in [5, 5.41) is 10.5. The van der Waals surface area contributed by atoms with Crippen LogP contribution in [0.2, 0.25) is 0 Å². The Labute approximate surface area is 105 Å². The zero-order valence-electron chi connectivity index (χ0n) is 9.95. The van der Waals surface area contributed by atoms with Gasteiger partial charge in [-0.1, -0.05) is 30.3 Å². The van der Waals surface area contributed by atoms with E-state index in [4.69, 9.17) is 4.74 Å². The standard InChI is InChI=1S/C14H13NO3/c1-11(12-5-3-2-4-6-12)18-14-9-7-13(8-10-14)15(16)17/h2-11H,1H3/t11-/m0/s1. The molecule has 0 saturated heterocycles. The van der Waals surface area contributed by atoms with E-state index in [0.29, 0.717) is 5.75 Å². The maximum atomic E-state index is 10.5. The van der Waals surface area contributed by atoms with E-state index in [1.54, 1.807) is 12.1 Å². The Hall–Kier alpha value is -2.36. The molecule has 18 heavy (non-hydrogen) atoms. The molecule has 4 heteroatoms. The summed E-state index contributed by atoms with van der Waals surface area (Å²) in [5.74, 6) is 0.622. The molecule has 0 spiro atoms. The molecule has 1 atom stereocenters. The minimum absolute atomic E-state index is 0.0646. The maximum Gasteiger partial charge on any atom is 0.269 e. The number of rotatable bonds is 4. The average molecular weight is 243 g/mol. The molecule has 0 unspecified atom stereocenters. The lowest BCUT2D eigenvalue weighted by Gasteiger charge is -2.14. The van der Waals surface area contributed by atoms with Crippen LogP contribution < -0.4 is 4.74 Å². The summed E-state index contributed by atoms with van der Waals surface area (Å²) in [7, 11) is 0. The number of nitro groups is 1. The van der Waals surface area contributed by atoms with E-state index >= 15 is 0 Å². The van der Waals surface area contributed by atoms with Crippen LogP contribution in [0.4, 0.5) is 5.69 Å². The van der Waals surface area contributed by atoms with E-state index in [-0.39, 0.29) is 11.8 Å². The third-order valence-corrected chi connectivity index (χ3v) is 2.63. The number of nitro benzene ring substituents is 1. The van der Waals surface area contributed by atoms with Gasteiger partial charge < -0.3 is 4.74 Å². The minimum atomic E-state index is -0.426. The molecule has 92 valence electrons. The lowest BCUT2D eigenvalue weighted by atomic mass is 10.1. The van der Waals surface area contributed by atoms with Gasteiger partial charge in [0.15, 0.2) is 0 Å². The molecule has 0 heterocycles. The largest absolute Gasteiger partial charge is 0.486 e. The van der Waals surface area contributed by atoms with Crippen molar-refractivity contribution in [3.63, 3.8) is 0 Å². The summed E-state index contributed by atoms with van der Waals surface area (Å²) in [4.78, 5) is 10.1. The Morgan fingerprint density at radius 2 is 1.67 bits per heavy atom. The van der Waals surface area contributed by atoms with Gasteiger partial charge in [-0.25, -0.2) is 0 Å². The summed E-state index contributed by atoms with van der Waals surface area (Å²) in [5.41, 5.74) is 1.13. The normalized spacial score (nSPS) is 11.8. The predicted octanol–water partition coefficient (Wildman–Crippen LogP) is 3.73. The molecule has 0 saturated carbocycles. The van der Waals surface area contributed by atoms with Gasteiger partial charge >= 0.3 is 0 Å². The average Bonchev–Trinajstić information content (AvgIpc) is 2.40. The van der Waals surface area contributed by atoms with E-state index in [1.807, 2.05) is 37.3 Å². The van der Waals surface area contributed by atoms with Crippen molar-refractivity contribution >= 4 is 5.69 Å². The molecule has 0 aromatic heterocycles. The van der Waals surface area contributed by atoms with E-state index in [1.165, 1.54) is 12.1 Å². The van der Waals surface area contributed by atoms with Gasteiger partial charge in [0, 0.05) is 12.1 Å². The fourth-order valence-corrected chi connectivity index (χ4v) is 1.64. The second-order valence-electron chi connectivity index (χ2n) is 3.92. The van der Waals surface area contributed by atoms with Crippen molar-refractivity contribution in [3.8, 4) is 5.75 Å². The van der Waals surface area contributed by atoms with Crippen molar-refractivity contribution in [2.24, 2.45) is 0 Å². The first kappa shape index (κ1) is 12.1. The van der Waals surface area contributed by atoms with Crippen molar-refractivity contribution < 1.29 is 9.66 Å². The molecule has 0 amide bonds. The Balaban J connectivity index is 2.08. The highest BCUT2D eigenvalue weighted by Gasteiger charge is 2.08. The van der Waals surface area contributed by atoms with Gasteiger partial charge in [-0.05, 0) is 24.6 Å². The molecule has 0 fully saturated rings. The summed E-state index contributed by atoms with van der Waals surface area (Å²) in [6, 6.07) is 15.9. The van der Waals surface area contributed by atoms with Crippen LogP contribution in [0.25, 0.3) is 0 Å². The van der Waals surface area contributed by atoms with Crippen LogP contribution in [0.3, 0.4) is 0 Å². The zero-order chi connectivity index (χ0) is 13.0. The van der Waals surface area contributed by atoms with Gasteiger partial charge in [0.25, 0.3) is 5.69 Å². The Morgan fingerprint density at radius 1 is 1.06 bits per heavy atom. The number of nitrogens with zero attached hydrogens (tertiary/aromatic N) is 1. The predicted molar refractivity (Wildman–Crippen MR) is 68.6 cm³/mol. The molecule has 0 aliphatic heterocycles. The molecule has 2 rings (SSSR count). The third-order valence-electron chi connectivity index (χ3n) is 2.63. The zero-order valence-corrected chi connectivity index (χ0v) is 9.95. The fourth-order valence-electron chi connectivity index (χ4n) is 1.64. The van der Waals surface area contributed by atoms with E-state index in [0.717, 1.165) is 5.56 Å². The Morgan fingerprint density at radius 3 is 2.22 bits per heavy atom. The quantitative estimate of drug-likeness (QED) is 0.607. The summed E-state index contributed by atoms with van der Waals surface area (Å²) < 4.78 is 5.71. The molecule has 2 aromatic rings. The molecule has 0 bridgehead atoms. The molecule has 0 N–H and O–H groups in total. The van der Waals surface area contributed by atoms with Crippen molar-refractivity contribution in [2.75, 3.05) is 0 Å². The number of non-ortho nitro benzene ring substituents is 1. The van der Waals surface area contributed by atoms with E-state index < -0.39 is 4.92 Å². The van der Waals surface area contributed by atoms with E-state index in [9.17, 15) is 10.1 Å². The van der Waals surface area contributed by atoms with Crippen LogP contribution in [0.1, 0.15) is 18.6 Å². The maximum absolute atomic E-state index is 10.5. The first-order chi connectivity index (χ1) is 8.66. The van der Waals surface area contributed by atoms with Crippen molar-refractivity contribution in [3.05, 3.63) is 70.3 Å². The summed E-state index contributed by atoms with van der Waals surface area (Å²) >= 11 is 0. The van der Waals surface area contributed by atoms with Crippen LogP contribution in [-0.4, -0.2) is 4.92 Å². The Kier molecular flexibility index (Phi) is 3.57. The first-order valence-electron chi connectivity index (χ1n) is 5.63. The van der Waals surface area contributed by atoms with Gasteiger partial charge in [0.1, 0.15) is 11.9 Å². The third kappa shape index (κ3) is 2.85. The highest BCUT2D eigenvalue weighted by atomic mass is 16.6. The van der Waals surface area contributed by atoms with Crippen LogP contribution in [0.15, 0.2) is 54.6 Å². The topological polar surface area (TPSA) is 52.4 Å². The van der Waals surface area contributed by atoms with Crippen molar-refractivity contribution in [2.45, 2.75) is 13.0 Å². The molecule has 0 aliphatic carbocycles. The molecule has 0 aliphatic rings. The minimum Gasteiger partial charge on any atom is -0.486 e. The van der Waals surface area contributed by atoms with Crippen LogP contribution in [0.5, 0.6) is 5.75 Å². The smallest absolute Gasteiger partial charge is 0.269 e. The van der Waals surface area contributed by atoms with Crippen LogP contribution in [-0.2, 0) is 0 Å². The fraction of sp³-hybridized carbons (Fsp3) is 0.143. The first-order valence-corrected chi connectivity index (χ1v) is 5.63. The van der Waals surface area contributed by atoms with Gasteiger partial charge in [-0.15, -0.1) is 0 Å². The summed E-state index contributed by atoms with van der Waals surface area (Å²) in [6.45, 7) is 1.94. The van der Waals surface area contributed by atoms with E-state index in [2.05, 4.69) is 0 Å². The number of hydrogen-bond acceptors (Lipinski definition) is 3. The summed E-state index contributed by atoms with van der Waals surface area (Å²) in [6.07, 6.45) is -0.0901. The molecule has 4 nitrogen and oxygen atoms in total. The second-order valence-corrected chi connectivity index (χ2v) is 3.92. The molecule has 0 radical (unpaired) electrons. The SMILES string of the molecule is C[C@H](Oc1ccc([N+](=O)[O-])cc1)c1ccccc1. The van der Waals surface area contributed by atoms with Gasteiger partial charge in [-0.3, -0.25) is 10.1 Å². The molecular formula is C14H13NO3. The highest BCUT2D eigenvalue weighted by molar-refractivity contribution is 5.36. The van der Waals surface area contributed by atoms with Gasteiger partial charge in [-0.2, -0.15) is 0 Å². The lowest BCUT2D eigenvalue weighted by molar-refractivity contribution is -0.384. The highest BCUT2D eigenvalue weighted by Crippen LogP contribution is 2.23. The van der Waals surface area contributed by atoms with Gasteiger partial charge in [0.2, 0.25) is 0 Å². The number of hydrogen-bond donors (Lipinski definition) is 0. The molecule has 2 aromatic carbocycles. The second kappa shape index (κ2) is 5.31.